The van der Waals surface area contributed by atoms with Gasteiger partial charge >= 0.3 is 5.97 Å². The van der Waals surface area contributed by atoms with Gasteiger partial charge in [-0.05, 0) is 36.2 Å². The van der Waals surface area contributed by atoms with E-state index in [1.165, 1.54) is 24.3 Å². The van der Waals surface area contributed by atoms with Crippen LogP contribution < -0.4 is 5.32 Å². The minimum Gasteiger partial charge on any atom is -0.461 e. The number of benzene rings is 2. The summed E-state index contributed by atoms with van der Waals surface area (Å²) in [6, 6.07) is 13.1. The number of carbonyl (C=O) groups excluding carboxylic acids is 2. The van der Waals surface area contributed by atoms with Crippen LogP contribution in [0.3, 0.4) is 0 Å². The Morgan fingerprint density at radius 1 is 1.08 bits per heavy atom. The van der Waals surface area contributed by atoms with E-state index >= 15 is 0 Å². The van der Waals surface area contributed by atoms with Crippen molar-refractivity contribution in [1.29, 1.82) is 0 Å². The fourth-order valence-electron chi connectivity index (χ4n) is 2.09. The SMILES string of the molecule is Cc1ccccc1NC(=O)CCC(=O)OCc1ccc([N+](=O)[O-])cc1. The first-order chi connectivity index (χ1) is 12.0. The molecule has 1 amide bonds. The number of anilines is 1. The Morgan fingerprint density at radius 3 is 2.40 bits per heavy atom. The van der Waals surface area contributed by atoms with Crippen molar-refractivity contribution in [1.82, 2.24) is 0 Å². The lowest BCUT2D eigenvalue weighted by Gasteiger charge is -2.08. The molecular formula is C18H18N2O5. The van der Waals surface area contributed by atoms with Crippen LogP contribution in [0.15, 0.2) is 48.5 Å². The van der Waals surface area contributed by atoms with Crippen molar-refractivity contribution in [3.05, 3.63) is 69.8 Å². The zero-order valence-electron chi connectivity index (χ0n) is 13.7. The molecule has 0 bridgehead atoms. The summed E-state index contributed by atoms with van der Waals surface area (Å²) in [6.07, 6.45) is -0.0157. The van der Waals surface area contributed by atoms with E-state index in [-0.39, 0.29) is 31.0 Å². The van der Waals surface area contributed by atoms with Gasteiger partial charge in [-0.1, -0.05) is 18.2 Å². The summed E-state index contributed by atoms with van der Waals surface area (Å²) < 4.78 is 5.06. The lowest BCUT2D eigenvalue weighted by atomic mass is 10.2. The number of para-hydroxylation sites is 1. The van der Waals surface area contributed by atoms with Crippen molar-refractivity contribution in [2.24, 2.45) is 0 Å². The van der Waals surface area contributed by atoms with Crippen molar-refractivity contribution >= 4 is 23.3 Å². The summed E-state index contributed by atoms with van der Waals surface area (Å²) in [4.78, 5) is 33.6. The summed E-state index contributed by atoms with van der Waals surface area (Å²) in [5.74, 6) is -0.764. The predicted molar refractivity (Wildman–Crippen MR) is 91.9 cm³/mol. The lowest BCUT2D eigenvalue weighted by Crippen LogP contribution is -2.15. The average Bonchev–Trinajstić information content (AvgIpc) is 2.60. The van der Waals surface area contributed by atoms with Gasteiger partial charge in [-0.2, -0.15) is 0 Å². The summed E-state index contributed by atoms with van der Waals surface area (Å²) >= 11 is 0. The van der Waals surface area contributed by atoms with Gasteiger partial charge in [-0.3, -0.25) is 19.7 Å². The van der Waals surface area contributed by atoms with Crippen molar-refractivity contribution < 1.29 is 19.2 Å². The fourth-order valence-corrected chi connectivity index (χ4v) is 2.09. The molecule has 0 fully saturated rings. The molecule has 2 aromatic rings. The van der Waals surface area contributed by atoms with E-state index < -0.39 is 10.9 Å². The molecule has 1 N–H and O–H groups in total. The van der Waals surface area contributed by atoms with E-state index in [0.29, 0.717) is 11.3 Å². The number of nitrogens with zero attached hydrogens (tertiary/aromatic N) is 1. The predicted octanol–water partition coefficient (Wildman–Crippen LogP) is 3.37. The second kappa shape index (κ2) is 8.58. The van der Waals surface area contributed by atoms with Gasteiger partial charge in [0.15, 0.2) is 0 Å². The Labute approximate surface area is 144 Å². The van der Waals surface area contributed by atoms with Crippen LogP contribution >= 0.6 is 0 Å². The molecule has 0 unspecified atom stereocenters. The molecule has 0 aromatic heterocycles. The van der Waals surface area contributed by atoms with Gasteiger partial charge in [0.2, 0.25) is 5.91 Å². The summed E-state index contributed by atoms with van der Waals surface area (Å²) in [6.45, 7) is 1.89. The number of nitro groups is 1. The Morgan fingerprint density at radius 2 is 1.76 bits per heavy atom. The maximum atomic E-state index is 11.9. The van der Waals surface area contributed by atoms with Crippen LogP contribution in [0.2, 0.25) is 0 Å². The standard InChI is InChI=1S/C18H18N2O5/c1-13-4-2-3-5-16(13)19-17(21)10-11-18(22)25-12-14-6-8-15(9-7-14)20(23)24/h2-9H,10-12H2,1H3,(H,19,21). The molecule has 2 rings (SSSR count). The molecule has 25 heavy (non-hydrogen) atoms. The molecular weight excluding hydrogens is 324 g/mol. The third-order valence-corrected chi connectivity index (χ3v) is 3.52. The van der Waals surface area contributed by atoms with Crippen molar-refractivity contribution in [2.45, 2.75) is 26.4 Å². The Hall–Kier alpha value is -3.22. The van der Waals surface area contributed by atoms with E-state index in [1.54, 1.807) is 6.07 Å². The number of esters is 1. The van der Waals surface area contributed by atoms with Crippen LogP contribution in [0.4, 0.5) is 11.4 Å². The number of non-ortho nitro benzene ring substituents is 1. The van der Waals surface area contributed by atoms with Gasteiger partial charge in [-0.25, -0.2) is 0 Å². The van der Waals surface area contributed by atoms with Crippen molar-refractivity contribution in [3.8, 4) is 0 Å². The summed E-state index contributed by atoms with van der Waals surface area (Å²) in [5.41, 5.74) is 2.27. The second-order valence-electron chi connectivity index (χ2n) is 5.45. The molecule has 0 aliphatic rings. The van der Waals surface area contributed by atoms with E-state index in [0.717, 1.165) is 5.56 Å². The average molecular weight is 342 g/mol. The highest BCUT2D eigenvalue weighted by Crippen LogP contribution is 2.14. The van der Waals surface area contributed by atoms with Crippen LogP contribution in [-0.2, 0) is 20.9 Å². The fraction of sp³-hybridized carbons (Fsp3) is 0.222. The number of rotatable bonds is 7. The van der Waals surface area contributed by atoms with Gasteiger partial charge < -0.3 is 10.1 Å². The van der Waals surface area contributed by atoms with E-state index in [2.05, 4.69) is 5.32 Å². The molecule has 0 aliphatic carbocycles. The lowest BCUT2D eigenvalue weighted by molar-refractivity contribution is -0.384. The normalized spacial score (nSPS) is 10.1. The maximum Gasteiger partial charge on any atom is 0.306 e. The molecule has 0 atom stereocenters. The first-order valence-electron chi connectivity index (χ1n) is 7.70. The Kier molecular flexibility index (Phi) is 6.22. The molecule has 0 saturated heterocycles. The first-order valence-corrected chi connectivity index (χ1v) is 7.70. The minimum absolute atomic E-state index is 0.0102. The molecule has 2 aromatic carbocycles. The van der Waals surface area contributed by atoms with Crippen LogP contribution in [0.25, 0.3) is 0 Å². The number of nitro benzene ring substituents is 1. The number of aryl methyl sites for hydroxylation is 1. The number of nitrogens with one attached hydrogen (secondary N) is 1. The third kappa shape index (κ3) is 5.72. The Balaban J connectivity index is 1.74. The van der Waals surface area contributed by atoms with Gasteiger partial charge in [0, 0.05) is 24.2 Å². The topological polar surface area (TPSA) is 98.5 Å². The first kappa shape index (κ1) is 18.1. The highest BCUT2D eigenvalue weighted by molar-refractivity contribution is 5.93. The van der Waals surface area contributed by atoms with Gasteiger partial charge in [0.05, 0.1) is 11.3 Å². The smallest absolute Gasteiger partial charge is 0.306 e. The van der Waals surface area contributed by atoms with E-state index in [4.69, 9.17) is 4.74 Å². The monoisotopic (exact) mass is 342 g/mol. The van der Waals surface area contributed by atoms with Crippen LogP contribution in [0.5, 0.6) is 0 Å². The molecule has 7 heteroatoms. The zero-order valence-corrected chi connectivity index (χ0v) is 13.7. The van der Waals surface area contributed by atoms with E-state index in [9.17, 15) is 19.7 Å². The largest absolute Gasteiger partial charge is 0.461 e. The van der Waals surface area contributed by atoms with Crippen LogP contribution in [0.1, 0.15) is 24.0 Å². The molecule has 0 heterocycles. The van der Waals surface area contributed by atoms with Gasteiger partial charge in [0.25, 0.3) is 5.69 Å². The quantitative estimate of drug-likeness (QED) is 0.472. The number of amides is 1. The number of hydrogen-bond acceptors (Lipinski definition) is 5. The molecule has 130 valence electrons. The zero-order chi connectivity index (χ0) is 18.2. The minimum atomic E-state index is -0.502. The molecule has 7 nitrogen and oxygen atoms in total. The number of ether oxygens (including phenoxy) is 1. The summed E-state index contributed by atoms with van der Waals surface area (Å²) in [5, 5.41) is 13.3. The third-order valence-electron chi connectivity index (χ3n) is 3.52. The van der Waals surface area contributed by atoms with Gasteiger partial charge in [0.1, 0.15) is 6.61 Å². The summed E-state index contributed by atoms with van der Waals surface area (Å²) in [7, 11) is 0. The number of carbonyl (C=O) groups is 2. The molecule has 0 radical (unpaired) electrons. The maximum absolute atomic E-state index is 11.9. The number of hydrogen-bond donors (Lipinski definition) is 1. The van der Waals surface area contributed by atoms with Gasteiger partial charge in [-0.15, -0.1) is 0 Å². The highest BCUT2D eigenvalue weighted by Gasteiger charge is 2.10. The molecule has 0 saturated carbocycles. The van der Waals surface area contributed by atoms with Crippen LogP contribution in [0, 0.1) is 17.0 Å². The highest BCUT2D eigenvalue weighted by atomic mass is 16.6. The Bertz CT molecular complexity index is 771. The van der Waals surface area contributed by atoms with E-state index in [1.807, 2.05) is 25.1 Å². The molecule has 0 spiro atoms. The second-order valence-corrected chi connectivity index (χ2v) is 5.45. The van der Waals surface area contributed by atoms with Crippen LogP contribution in [-0.4, -0.2) is 16.8 Å². The molecule has 0 aliphatic heterocycles. The van der Waals surface area contributed by atoms with Crippen molar-refractivity contribution in [2.75, 3.05) is 5.32 Å². The van der Waals surface area contributed by atoms with Crippen molar-refractivity contribution in [3.63, 3.8) is 0 Å².